The van der Waals surface area contributed by atoms with Gasteiger partial charge in [-0.05, 0) is 24.3 Å². The van der Waals surface area contributed by atoms with Crippen molar-refractivity contribution in [3.8, 4) is 0 Å². The van der Waals surface area contributed by atoms with Crippen molar-refractivity contribution in [2.75, 3.05) is 0 Å². The molecule has 3 rings (SSSR count). The molecule has 6 nitrogen and oxygen atoms in total. The highest BCUT2D eigenvalue weighted by molar-refractivity contribution is 8.26. The van der Waals surface area contributed by atoms with Gasteiger partial charge >= 0.3 is 0 Å². The summed E-state index contributed by atoms with van der Waals surface area (Å²) in [5.74, 6) is 0.336. The third kappa shape index (κ3) is 3.17. The zero-order valence-electron chi connectivity index (χ0n) is 11.7. The average molecular weight is 346 g/mol. The van der Waals surface area contributed by atoms with Gasteiger partial charge in [-0.15, -0.1) is 0 Å². The van der Waals surface area contributed by atoms with E-state index in [4.69, 9.17) is 16.6 Å². The molecule has 1 amide bonds. The lowest BCUT2D eigenvalue weighted by Crippen LogP contribution is -2.27. The number of thioether (sulfide) groups is 1. The first kappa shape index (κ1) is 15.4. The number of carbonyl (C=O) groups is 1. The van der Waals surface area contributed by atoms with E-state index in [-0.39, 0.29) is 18.1 Å². The Hall–Kier alpha value is -2.45. The van der Waals surface area contributed by atoms with Gasteiger partial charge in [0.1, 0.15) is 10.1 Å². The molecule has 23 heavy (non-hydrogen) atoms. The van der Waals surface area contributed by atoms with E-state index in [0.29, 0.717) is 20.5 Å². The van der Waals surface area contributed by atoms with Crippen LogP contribution in [0.3, 0.4) is 0 Å². The fourth-order valence-electron chi connectivity index (χ4n) is 2.11. The maximum absolute atomic E-state index is 12.5. The first-order valence-corrected chi connectivity index (χ1v) is 7.80. The number of thiocarbonyl (C=S) groups is 1. The standard InChI is InChI=1S/C15H10N2O4S2/c18-14-13(8-10-4-1-2-6-12(10)17(19)20)23-15(22)16(14)9-11-5-3-7-21-11/h1-8H,9H2/b13-8-. The molecule has 2 heterocycles. The Balaban J connectivity index is 1.89. The Labute approximate surface area is 140 Å². The number of amides is 1. The molecule has 0 radical (unpaired) electrons. The maximum Gasteiger partial charge on any atom is 0.276 e. The number of carbonyl (C=O) groups excluding carboxylic acids is 1. The molecule has 0 saturated carbocycles. The Kier molecular flexibility index (Phi) is 4.26. The molecule has 1 aromatic heterocycles. The summed E-state index contributed by atoms with van der Waals surface area (Å²) in [4.78, 5) is 24.8. The van der Waals surface area contributed by atoms with Crippen LogP contribution >= 0.6 is 24.0 Å². The number of hydrogen-bond acceptors (Lipinski definition) is 6. The van der Waals surface area contributed by atoms with Crippen LogP contribution in [0.4, 0.5) is 5.69 Å². The molecule has 0 N–H and O–H groups in total. The Morgan fingerprint density at radius 2 is 2.09 bits per heavy atom. The zero-order chi connectivity index (χ0) is 16.4. The molecule has 2 aromatic rings. The van der Waals surface area contributed by atoms with Crippen molar-refractivity contribution in [3.05, 3.63) is 69.0 Å². The number of rotatable bonds is 4. The van der Waals surface area contributed by atoms with Crippen molar-refractivity contribution in [1.82, 2.24) is 4.90 Å². The van der Waals surface area contributed by atoms with Crippen molar-refractivity contribution >= 4 is 46.0 Å². The van der Waals surface area contributed by atoms with Crippen LogP contribution in [0.25, 0.3) is 6.08 Å². The number of nitrogens with zero attached hydrogens (tertiary/aromatic N) is 2. The van der Waals surface area contributed by atoms with E-state index < -0.39 is 4.92 Å². The van der Waals surface area contributed by atoms with E-state index in [1.807, 2.05) is 0 Å². The van der Waals surface area contributed by atoms with Gasteiger partial charge in [0.25, 0.3) is 11.6 Å². The minimum atomic E-state index is -0.477. The predicted molar refractivity (Wildman–Crippen MR) is 90.5 cm³/mol. The first-order valence-electron chi connectivity index (χ1n) is 6.57. The van der Waals surface area contributed by atoms with Crippen molar-refractivity contribution in [3.63, 3.8) is 0 Å². The van der Waals surface area contributed by atoms with Gasteiger partial charge < -0.3 is 4.42 Å². The largest absolute Gasteiger partial charge is 0.467 e. The summed E-state index contributed by atoms with van der Waals surface area (Å²) < 4.78 is 5.62. The first-order chi connectivity index (χ1) is 11.1. The Bertz CT molecular complexity index is 815. The molecule has 1 saturated heterocycles. The van der Waals surface area contributed by atoms with Gasteiger partial charge in [-0.2, -0.15) is 0 Å². The van der Waals surface area contributed by atoms with Gasteiger partial charge in [0.15, 0.2) is 0 Å². The molecule has 1 fully saturated rings. The minimum absolute atomic E-state index is 0.0520. The summed E-state index contributed by atoms with van der Waals surface area (Å²) in [7, 11) is 0. The van der Waals surface area contributed by atoms with Gasteiger partial charge in [-0.25, -0.2) is 0 Å². The molecular weight excluding hydrogens is 336 g/mol. The molecule has 0 aliphatic carbocycles. The second-order valence-corrected chi connectivity index (χ2v) is 6.34. The van der Waals surface area contributed by atoms with E-state index in [1.54, 1.807) is 30.3 Å². The van der Waals surface area contributed by atoms with Crippen LogP contribution in [0.15, 0.2) is 52.0 Å². The fourth-order valence-corrected chi connectivity index (χ4v) is 3.36. The molecule has 1 aliphatic heterocycles. The SMILES string of the molecule is O=C1/C(=C/c2ccccc2[N+](=O)[O-])SC(=S)N1Cc1ccco1. The van der Waals surface area contributed by atoms with Gasteiger partial charge in [-0.3, -0.25) is 19.8 Å². The predicted octanol–water partition coefficient (Wildman–Crippen LogP) is 3.59. The van der Waals surface area contributed by atoms with Crippen molar-refractivity contribution in [2.45, 2.75) is 6.54 Å². The smallest absolute Gasteiger partial charge is 0.276 e. The maximum atomic E-state index is 12.5. The fraction of sp³-hybridized carbons (Fsp3) is 0.0667. The van der Waals surface area contributed by atoms with Crippen molar-refractivity contribution in [2.24, 2.45) is 0 Å². The monoisotopic (exact) mass is 346 g/mol. The number of nitro benzene ring substituents is 1. The number of para-hydroxylation sites is 1. The quantitative estimate of drug-likeness (QED) is 0.364. The minimum Gasteiger partial charge on any atom is -0.467 e. The van der Waals surface area contributed by atoms with Crippen LogP contribution in [-0.2, 0) is 11.3 Å². The van der Waals surface area contributed by atoms with E-state index in [1.165, 1.54) is 23.3 Å². The summed E-state index contributed by atoms with van der Waals surface area (Å²) in [6.45, 7) is 0.242. The van der Waals surface area contributed by atoms with Gasteiger partial charge in [0.2, 0.25) is 0 Å². The lowest BCUT2D eigenvalue weighted by Gasteiger charge is -2.11. The average Bonchev–Trinajstić information content (AvgIpc) is 3.12. The number of furan rings is 1. The topological polar surface area (TPSA) is 76.6 Å². The third-order valence-corrected chi connectivity index (χ3v) is 4.57. The second kappa shape index (κ2) is 6.35. The zero-order valence-corrected chi connectivity index (χ0v) is 13.3. The molecular formula is C15H10N2O4S2. The highest BCUT2D eigenvalue weighted by atomic mass is 32.2. The van der Waals surface area contributed by atoms with Gasteiger partial charge in [-0.1, -0.05) is 36.1 Å². The number of nitro groups is 1. The Morgan fingerprint density at radius 1 is 1.30 bits per heavy atom. The molecule has 0 bridgehead atoms. The van der Waals surface area contributed by atoms with E-state index >= 15 is 0 Å². The molecule has 0 unspecified atom stereocenters. The van der Waals surface area contributed by atoms with Crippen LogP contribution in [-0.4, -0.2) is 20.1 Å². The van der Waals surface area contributed by atoms with Crippen LogP contribution < -0.4 is 0 Å². The summed E-state index contributed by atoms with van der Waals surface area (Å²) in [5, 5.41) is 11.1. The van der Waals surface area contributed by atoms with Crippen LogP contribution in [0.2, 0.25) is 0 Å². The van der Waals surface area contributed by atoms with Gasteiger partial charge in [0.05, 0.1) is 28.2 Å². The van der Waals surface area contributed by atoms with E-state index in [0.717, 1.165) is 11.8 Å². The van der Waals surface area contributed by atoms with Gasteiger partial charge in [0, 0.05) is 6.07 Å². The molecule has 8 heteroatoms. The highest BCUT2D eigenvalue weighted by Gasteiger charge is 2.33. The third-order valence-electron chi connectivity index (χ3n) is 3.19. The Morgan fingerprint density at radius 3 is 2.78 bits per heavy atom. The summed E-state index contributed by atoms with van der Waals surface area (Å²) >= 11 is 6.34. The van der Waals surface area contributed by atoms with Crippen LogP contribution in [0.1, 0.15) is 11.3 Å². The second-order valence-electron chi connectivity index (χ2n) is 4.66. The molecule has 0 atom stereocenters. The molecule has 0 spiro atoms. The van der Waals surface area contributed by atoms with E-state index in [2.05, 4.69) is 0 Å². The molecule has 1 aliphatic rings. The lowest BCUT2D eigenvalue weighted by molar-refractivity contribution is -0.385. The molecule has 1 aromatic carbocycles. The summed E-state index contributed by atoms with van der Waals surface area (Å²) in [5.41, 5.74) is 0.319. The lowest BCUT2D eigenvalue weighted by atomic mass is 10.1. The summed E-state index contributed by atoms with van der Waals surface area (Å²) in [6.07, 6.45) is 3.02. The van der Waals surface area contributed by atoms with Crippen LogP contribution in [0, 0.1) is 10.1 Å². The van der Waals surface area contributed by atoms with Crippen molar-refractivity contribution < 1.29 is 14.1 Å². The number of benzene rings is 1. The van der Waals surface area contributed by atoms with Crippen LogP contribution in [0.5, 0.6) is 0 Å². The highest BCUT2D eigenvalue weighted by Crippen LogP contribution is 2.35. The number of hydrogen-bond donors (Lipinski definition) is 0. The summed E-state index contributed by atoms with van der Waals surface area (Å²) in [6, 6.07) is 9.74. The van der Waals surface area contributed by atoms with E-state index in [9.17, 15) is 14.9 Å². The van der Waals surface area contributed by atoms with Crippen molar-refractivity contribution in [1.29, 1.82) is 0 Å². The molecule has 116 valence electrons. The normalized spacial score (nSPS) is 16.3.